The van der Waals surface area contributed by atoms with Crippen LogP contribution in [0.25, 0.3) is 0 Å². The van der Waals surface area contributed by atoms with Crippen molar-refractivity contribution in [2.24, 2.45) is 10.8 Å². The molecule has 8 rings (SSSR count). The van der Waals surface area contributed by atoms with E-state index in [1.165, 1.54) is 44.1 Å². The molecule has 8 heterocycles. The Labute approximate surface area is 315 Å². The Morgan fingerprint density at radius 3 is 1.75 bits per heavy atom. The van der Waals surface area contributed by atoms with E-state index in [0.717, 1.165) is 107 Å². The minimum Gasteiger partial charge on any atom is -0.478 e. The summed E-state index contributed by atoms with van der Waals surface area (Å²) in [6.07, 6.45) is 14.2. The van der Waals surface area contributed by atoms with Crippen LogP contribution in [-0.4, -0.2) is 95.5 Å². The fraction of sp³-hybridized carbons (Fsp3) is 0.684. The molecule has 0 unspecified atom stereocenters. The highest BCUT2D eigenvalue weighted by Gasteiger charge is 2.41. The van der Waals surface area contributed by atoms with Crippen molar-refractivity contribution in [3.05, 3.63) is 46.8 Å². The molecule has 0 bridgehead atoms. The third-order valence-electron chi connectivity index (χ3n) is 11.5. The molecule has 0 atom stereocenters. The topological polar surface area (TPSA) is 138 Å². The molecule has 2 spiro atoms. The Morgan fingerprint density at radius 2 is 1.24 bits per heavy atom. The molecule has 4 saturated heterocycles. The number of fused-ring (bicyclic) bond motifs is 2. The minimum atomic E-state index is -0.921. The van der Waals surface area contributed by atoms with E-state index in [4.69, 9.17) is 14.6 Å². The maximum atomic E-state index is 12.9. The number of hydrogen-bond acceptors (Lipinski definition) is 9. The molecule has 6 aliphatic heterocycles. The van der Waals surface area contributed by atoms with Gasteiger partial charge in [0.25, 0.3) is 5.91 Å². The largest absolute Gasteiger partial charge is 0.478 e. The number of hydrogen-bond donors (Lipinski definition) is 4. The lowest BCUT2D eigenvalue weighted by atomic mass is 9.80. The number of nitrogens with one attached hydrogen (secondary N) is 3. The van der Waals surface area contributed by atoms with E-state index in [1.807, 2.05) is 11.0 Å². The van der Waals surface area contributed by atoms with E-state index >= 15 is 0 Å². The van der Waals surface area contributed by atoms with Gasteiger partial charge in [0.2, 0.25) is 0 Å². The maximum absolute atomic E-state index is 12.9. The number of aryl methyl sites for hydroxylation is 2. The van der Waals surface area contributed by atoms with Crippen molar-refractivity contribution in [2.75, 3.05) is 63.2 Å². The van der Waals surface area contributed by atoms with Crippen molar-refractivity contribution < 1.29 is 24.2 Å². The van der Waals surface area contributed by atoms with Crippen LogP contribution in [-0.2, 0) is 22.3 Å². The first-order valence-corrected chi connectivity index (χ1v) is 18.3. The molecule has 0 saturated carbocycles. The van der Waals surface area contributed by atoms with Gasteiger partial charge in [-0.1, -0.05) is 0 Å². The molecule has 0 aromatic carbocycles. The molecular formula is C38H58Cl2N6O5. The summed E-state index contributed by atoms with van der Waals surface area (Å²) in [7, 11) is 0. The van der Waals surface area contributed by atoms with Crippen LogP contribution in [0.1, 0.15) is 111 Å². The minimum absolute atomic E-state index is 0. The quantitative estimate of drug-likeness (QED) is 0.273. The zero-order valence-corrected chi connectivity index (χ0v) is 32.4. The van der Waals surface area contributed by atoms with Crippen molar-refractivity contribution in [1.29, 1.82) is 0 Å². The number of carbonyl (C=O) groups is 2. The summed E-state index contributed by atoms with van der Waals surface area (Å²) in [6, 6.07) is 3.74. The SMILES string of the molecule is C1CC2(CCOCC2)CN1.CC1(C)CCc2cc(C(=O)N3CCC4(CCOCC4)C3)cnc2N1.CC1(C)CCc2cc(C(=O)O)cnc2N1.Cl.Cl. The first-order chi connectivity index (χ1) is 23.4. The highest BCUT2D eigenvalue weighted by atomic mass is 35.5. The lowest BCUT2D eigenvalue weighted by molar-refractivity contribution is 0.0191. The first kappa shape index (κ1) is 41.1. The number of likely N-dealkylation sites (tertiary alicyclic amines) is 1. The van der Waals surface area contributed by atoms with Crippen LogP contribution >= 0.6 is 24.8 Å². The predicted molar refractivity (Wildman–Crippen MR) is 205 cm³/mol. The number of halogens is 2. The molecule has 2 aromatic rings. The number of ether oxygens (including phenoxy) is 2. The lowest BCUT2D eigenvalue weighted by Gasteiger charge is -2.33. The molecule has 284 valence electrons. The van der Waals surface area contributed by atoms with Gasteiger partial charge in [0.1, 0.15) is 11.6 Å². The van der Waals surface area contributed by atoms with Crippen LogP contribution in [0, 0.1) is 10.8 Å². The zero-order valence-electron chi connectivity index (χ0n) is 30.8. The van der Waals surface area contributed by atoms with Gasteiger partial charge in [-0.25, -0.2) is 14.8 Å². The van der Waals surface area contributed by atoms with Crippen LogP contribution < -0.4 is 16.0 Å². The molecule has 1 amide bonds. The number of amides is 1. The van der Waals surface area contributed by atoms with Gasteiger partial charge in [-0.05, 0) is 133 Å². The van der Waals surface area contributed by atoms with Crippen LogP contribution in [0.5, 0.6) is 0 Å². The summed E-state index contributed by atoms with van der Waals surface area (Å²) >= 11 is 0. The van der Waals surface area contributed by atoms with E-state index in [9.17, 15) is 9.59 Å². The normalized spacial score (nSPS) is 22.9. The second kappa shape index (κ2) is 17.0. The summed E-state index contributed by atoms with van der Waals surface area (Å²) in [4.78, 5) is 34.4. The van der Waals surface area contributed by atoms with E-state index < -0.39 is 5.97 Å². The Balaban J connectivity index is 0.000000185. The molecule has 0 radical (unpaired) electrons. The number of nitrogens with zero attached hydrogens (tertiary/aromatic N) is 3. The Morgan fingerprint density at radius 1 is 0.725 bits per heavy atom. The van der Waals surface area contributed by atoms with Gasteiger partial charge in [-0.2, -0.15) is 0 Å². The summed E-state index contributed by atoms with van der Waals surface area (Å²) < 4.78 is 10.8. The third-order valence-corrected chi connectivity index (χ3v) is 11.5. The fourth-order valence-electron chi connectivity index (χ4n) is 8.05. The molecule has 11 nitrogen and oxygen atoms in total. The monoisotopic (exact) mass is 748 g/mol. The molecule has 4 N–H and O–H groups in total. The number of pyridine rings is 2. The Bertz CT molecular complexity index is 1500. The number of aromatic carboxylic acids is 1. The molecule has 51 heavy (non-hydrogen) atoms. The zero-order chi connectivity index (χ0) is 34.7. The van der Waals surface area contributed by atoms with Crippen molar-refractivity contribution in [1.82, 2.24) is 20.2 Å². The Kier molecular flexibility index (Phi) is 13.7. The number of aromatic nitrogens is 2. The third kappa shape index (κ3) is 10.3. The van der Waals surface area contributed by atoms with E-state index in [-0.39, 0.29) is 47.4 Å². The van der Waals surface area contributed by atoms with Gasteiger partial charge in [0.15, 0.2) is 0 Å². The van der Waals surface area contributed by atoms with Crippen LogP contribution in [0.15, 0.2) is 24.5 Å². The van der Waals surface area contributed by atoms with Gasteiger partial charge in [-0.3, -0.25) is 4.79 Å². The highest BCUT2D eigenvalue weighted by molar-refractivity contribution is 5.94. The lowest BCUT2D eigenvalue weighted by Crippen LogP contribution is -2.37. The van der Waals surface area contributed by atoms with Gasteiger partial charge in [-0.15, -0.1) is 24.8 Å². The molecule has 6 aliphatic rings. The number of carboxylic acid groups (broad SMARTS) is 1. The molecule has 4 fully saturated rings. The summed E-state index contributed by atoms with van der Waals surface area (Å²) in [5.74, 6) is 0.968. The summed E-state index contributed by atoms with van der Waals surface area (Å²) in [5.41, 5.74) is 4.21. The predicted octanol–water partition coefficient (Wildman–Crippen LogP) is 6.40. The second-order valence-corrected chi connectivity index (χ2v) is 16.4. The Hall–Kier alpha value is -2.70. The summed E-state index contributed by atoms with van der Waals surface area (Å²) in [5, 5.41) is 19.0. The average Bonchev–Trinajstić information content (AvgIpc) is 3.71. The second-order valence-electron chi connectivity index (χ2n) is 16.4. The van der Waals surface area contributed by atoms with E-state index in [1.54, 1.807) is 12.3 Å². The average molecular weight is 750 g/mol. The van der Waals surface area contributed by atoms with Gasteiger partial charge < -0.3 is 35.4 Å². The van der Waals surface area contributed by atoms with Crippen molar-refractivity contribution in [2.45, 2.75) is 103 Å². The van der Waals surface area contributed by atoms with Crippen molar-refractivity contribution in [3.8, 4) is 0 Å². The van der Waals surface area contributed by atoms with Crippen molar-refractivity contribution >= 4 is 48.3 Å². The molecule has 13 heteroatoms. The molecule has 0 aliphatic carbocycles. The first-order valence-electron chi connectivity index (χ1n) is 18.3. The number of carboxylic acids is 1. The molecule has 2 aromatic heterocycles. The smallest absolute Gasteiger partial charge is 0.337 e. The van der Waals surface area contributed by atoms with Crippen LogP contribution in [0.3, 0.4) is 0 Å². The van der Waals surface area contributed by atoms with Gasteiger partial charge in [0, 0.05) is 69.5 Å². The van der Waals surface area contributed by atoms with E-state index in [0.29, 0.717) is 10.8 Å². The van der Waals surface area contributed by atoms with Gasteiger partial charge >= 0.3 is 5.97 Å². The van der Waals surface area contributed by atoms with Crippen LogP contribution in [0.2, 0.25) is 0 Å². The number of rotatable bonds is 2. The van der Waals surface area contributed by atoms with Crippen molar-refractivity contribution in [3.63, 3.8) is 0 Å². The summed E-state index contributed by atoms with van der Waals surface area (Å²) in [6.45, 7) is 16.4. The fourth-order valence-corrected chi connectivity index (χ4v) is 8.05. The maximum Gasteiger partial charge on any atom is 0.337 e. The molecular weight excluding hydrogens is 691 g/mol. The van der Waals surface area contributed by atoms with Crippen LogP contribution in [0.4, 0.5) is 11.6 Å². The van der Waals surface area contributed by atoms with Gasteiger partial charge in [0.05, 0.1) is 11.1 Å². The van der Waals surface area contributed by atoms with E-state index in [2.05, 4.69) is 53.6 Å². The highest BCUT2D eigenvalue weighted by Crippen LogP contribution is 2.40. The number of carbonyl (C=O) groups excluding carboxylic acids is 1. The standard InChI is InChI=1S/C19H27N3O2.C11H14N2O2.C8H15NO.2ClH/c1-18(2)4-3-14-11-15(12-20-16(14)21-18)17(23)22-8-5-19(13-22)6-9-24-10-7-19;1-11(2)4-3-7-5-8(10(14)15)6-12-9(7)13-11;1-4-9-7-8(1)2-5-10-6-3-8;;/h11-12H,3-10,13H2,1-2H3,(H,20,21);5-6H,3-4H2,1-2H3,(H,12,13)(H,14,15);9H,1-7H2;2*1H. The number of anilines is 2.